The molecule has 0 bridgehead atoms. The minimum absolute atomic E-state index is 0.163. The number of para-hydroxylation sites is 3. The summed E-state index contributed by atoms with van der Waals surface area (Å²) in [6, 6.07) is 23.6. The third-order valence-electron chi connectivity index (χ3n) is 6.21. The minimum atomic E-state index is -0.408. The quantitative estimate of drug-likeness (QED) is 0.444. The summed E-state index contributed by atoms with van der Waals surface area (Å²) in [6.45, 7) is -0.190. The molecule has 1 heterocycles. The third kappa shape index (κ3) is 3.93. The molecule has 0 aliphatic heterocycles. The van der Waals surface area contributed by atoms with E-state index >= 15 is 0 Å². The first-order chi connectivity index (χ1) is 16.7. The van der Waals surface area contributed by atoms with E-state index in [-0.39, 0.29) is 12.5 Å². The van der Waals surface area contributed by atoms with E-state index in [2.05, 4.69) is 17.5 Å². The Labute approximate surface area is 197 Å². The molecule has 1 amide bonds. The first-order valence-electron chi connectivity index (χ1n) is 11.3. The lowest BCUT2D eigenvalue weighted by atomic mass is 9.95. The third-order valence-corrected chi connectivity index (χ3v) is 6.21. The second-order valence-corrected chi connectivity index (χ2v) is 8.27. The lowest BCUT2D eigenvalue weighted by Gasteiger charge is -2.16. The van der Waals surface area contributed by atoms with E-state index in [9.17, 15) is 14.9 Å². The smallest absolute Gasteiger partial charge is 0.269 e. The van der Waals surface area contributed by atoms with E-state index in [0.29, 0.717) is 22.6 Å². The van der Waals surface area contributed by atoms with Gasteiger partial charge in [0.1, 0.15) is 11.8 Å². The SMILES string of the molecule is N#Cc1ccccc1NC(=O)c1ccccc1OCC(=O)n1c2c(c3ccccc31)CCCC2. The number of carbonyl (C=O) groups excluding carboxylic acids is 2. The first kappa shape index (κ1) is 21.5. The second kappa shape index (κ2) is 9.24. The van der Waals surface area contributed by atoms with Gasteiger partial charge in [0.05, 0.1) is 22.3 Å². The highest BCUT2D eigenvalue weighted by Gasteiger charge is 2.24. The number of aromatic nitrogens is 1. The van der Waals surface area contributed by atoms with Crippen LogP contribution in [0.25, 0.3) is 10.9 Å². The number of ether oxygens (including phenoxy) is 1. The van der Waals surface area contributed by atoms with Crippen LogP contribution in [0.2, 0.25) is 0 Å². The number of nitrogens with one attached hydrogen (secondary N) is 1. The fourth-order valence-corrected chi connectivity index (χ4v) is 4.64. The maximum atomic E-state index is 13.3. The van der Waals surface area contributed by atoms with Crippen LogP contribution in [-0.2, 0) is 12.8 Å². The molecule has 6 nitrogen and oxygen atoms in total. The Morgan fingerprint density at radius 3 is 2.56 bits per heavy atom. The maximum Gasteiger partial charge on any atom is 0.269 e. The second-order valence-electron chi connectivity index (χ2n) is 8.27. The number of hydrogen-bond donors (Lipinski definition) is 1. The Morgan fingerprint density at radius 2 is 1.68 bits per heavy atom. The monoisotopic (exact) mass is 449 g/mol. The van der Waals surface area contributed by atoms with Crippen molar-refractivity contribution >= 4 is 28.4 Å². The number of nitriles is 1. The molecule has 1 aromatic heterocycles. The van der Waals surface area contributed by atoms with Crippen LogP contribution < -0.4 is 10.1 Å². The largest absolute Gasteiger partial charge is 0.483 e. The minimum Gasteiger partial charge on any atom is -0.483 e. The predicted octanol–water partition coefficient (Wildman–Crippen LogP) is 5.36. The summed E-state index contributed by atoms with van der Waals surface area (Å²) in [5.74, 6) is -0.257. The van der Waals surface area contributed by atoms with Gasteiger partial charge in [0.15, 0.2) is 6.61 Å². The summed E-state index contributed by atoms with van der Waals surface area (Å²) >= 11 is 0. The normalized spacial score (nSPS) is 12.6. The summed E-state index contributed by atoms with van der Waals surface area (Å²) in [7, 11) is 0. The van der Waals surface area contributed by atoms with Crippen LogP contribution in [0, 0.1) is 11.3 Å². The van der Waals surface area contributed by atoms with Crippen LogP contribution in [0.15, 0.2) is 72.8 Å². The van der Waals surface area contributed by atoms with E-state index in [1.807, 2.05) is 18.2 Å². The molecule has 168 valence electrons. The number of nitrogens with zero attached hydrogens (tertiary/aromatic N) is 2. The Hall–Kier alpha value is -4.37. The van der Waals surface area contributed by atoms with Crippen molar-refractivity contribution in [1.82, 2.24) is 4.57 Å². The van der Waals surface area contributed by atoms with Crippen molar-refractivity contribution in [3.63, 3.8) is 0 Å². The fourth-order valence-electron chi connectivity index (χ4n) is 4.64. The number of benzene rings is 3. The first-order valence-corrected chi connectivity index (χ1v) is 11.3. The van der Waals surface area contributed by atoms with Crippen molar-refractivity contribution in [2.75, 3.05) is 11.9 Å². The van der Waals surface area contributed by atoms with Crippen LogP contribution in [0.3, 0.4) is 0 Å². The summed E-state index contributed by atoms with van der Waals surface area (Å²) in [4.78, 5) is 26.3. The molecule has 34 heavy (non-hydrogen) atoms. The van der Waals surface area contributed by atoms with Gasteiger partial charge in [0.25, 0.3) is 11.8 Å². The van der Waals surface area contributed by atoms with Gasteiger partial charge in [-0.3, -0.25) is 14.2 Å². The van der Waals surface area contributed by atoms with Crippen molar-refractivity contribution in [1.29, 1.82) is 5.26 Å². The number of amides is 1. The maximum absolute atomic E-state index is 13.3. The van der Waals surface area contributed by atoms with Gasteiger partial charge >= 0.3 is 0 Å². The van der Waals surface area contributed by atoms with Gasteiger partial charge in [-0.1, -0.05) is 42.5 Å². The van der Waals surface area contributed by atoms with E-state index in [0.717, 1.165) is 42.3 Å². The standard InChI is InChI=1S/C28H23N3O3/c29-17-19-9-1-5-13-23(19)30-28(33)22-12-4-8-16-26(22)34-18-27(32)31-24-14-6-2-10-20(24)21-11-3-7-15-25(21)31/h1-2,4-6,8-10,12-14,16H,3,7,11,15,18H2,(H,30,33). The molecule has 3 aromatic carbocycles. The van der Waals surface area contributed by atoms with Crippen molar-refractivity contribution in [3.05, 3.63) is 95.2 Å². The van der Waals surface area contributed by atoms with Gasteiger partial charge in [-0.05, 0) is 61.6 Å². The average molecular weight is 450 g/mol. The molecular formula is C28H23N3O3. The molecule has 0 radical (unpaired) electrons. The lowest BCUT2D eigenvalue weighted by Crippen LogP contribution is -2.23. The molecule has 5 rings (SSSR count). The zero-order chi connectivity index (χ0) is 23.5. The van der Waals surface area contributed by atoms with E-state index in [4.69, 9.17) is 4.74 Å². The van der Waals surface area contributed by atoms with Gasteiger partial charge in [-0.2, -0.15) is 5.26 Å². The van der Waals surface area contributed by atoms with Crippen molar-refractivity contribution < 1.29 is 14.3 Å². The fraction of sp³-hybridized carbons (Fsp3) is 0.179. The highest BCUT2D eigenvalue weighted by atomic mass is 16.5. The number of anilines is 1. The Bertz CT molecular complexity index is 1450. The summed E-state index contributed by atoms with van der Waals surface area (Å²) in [5, 5.41) is 13.2. The van der Waals surface area contributed by atoms with Gasteiger partial charge in [-0.25, -0.2) is 0 Å². The summed E-state index contributed by atoms with van der Waals surface area (Å²) in [6.07, 6.45) is 4.03. The van der Waals surface area contributed by atoms with Gasteiger partial charge in [0.2, 0.25) is 0 Å². The number of carbonyl (C=O) groups is 2. The molecular weight excluding hydrogens is 426 g/mol. The van der Waals surface area contributed by atoms with E-state index in [1.165, 1.54) is 5.56 Å². The predicted molar refractivity (Wildman–Crippen MR) is 130 cm³/mol. The van der Waals surface area contributed by atoms with Gasteiger partial charge < -0.3 is 10.1 Å². The van der Waals surface area contributed by atoms with Crippen molar-refractivity contribution in [3.8, 4) is 11.8 Å². The Morgan fingerprint density at radius 1 is 0.941 bits per heavy atom. The Balaban J connectivity index is 1.39. The van der Waals surface area contributed by atoms with Gasteiger partial charge in [0, 0.05) is 11.1 Å². The molecule has 0 unspecified atom stereocenters. The number of fused-ring (bicyclic) bond motifs is 3. The highest BCUT2D eigenvalue weighted by molar-refractivity contribution is 6.07. The summed E-state index contributed by atoms with van der Waals surface area (Å²) < 4.78 is 7.67. The topological polar surface area (TPSA) is 84.1 Å². The molecule has 0 spiro atoms. The molecule has 0 atom stereocenters. The van der Waals surface area contributed by atoms with Gasteiger partial charge in [-0.15, -0.1) is 0 Å². The molecule has 6 heteroatoms. The van der Waals surface area contributed by atoms with Crippen molar-refractivity contribution in [2.45, 2.75) is 25.7 Å². The zero-order valence-corrected chi connectivity index (χ0v) is 18.6. The molecule has 4 aromatic rings. The number of aryl methyl sites for hydroxylation is 1. The highest BCUT2D eigenvalue weighted by Crippen LogP contribution is 2.32. The van der Waals surface area contributed by atoms with Crippen LogP contribution >= 0.6 is 0 Å². The molecule has 0 fully saturated rings. The van der Waals surface area contributed by atoms with E-state index in [1.54, 1.807) is 53.1 Å². The Kier molecular flexibility index (Phi) is 5.84. The van der Waals surface area contributed by atoms with Crippen LogP contribution in [0.4, 0.5) is 5.69 Å². The molecule has 0 saturated carbocycles. The average Bonchev–Trinajstić information content (AvgIpc) is 3.22. The summed E-state index contributed by atoms with van der Waals surface area (Å²) in [5.41, 5.74) is 4.32. The number of rotatable bonds is 5. The van der Waals surface area contributed by atoms with Crippen LogP contribution in [0.1, 0.15) is 44.8 Å². The lowest BCUT2D eigenvalue weighted by molar-refractivity contribution is 0.0835. The number of hydrogen-bond acceptors (Lipinski definition) is 4. The molecule has 0 saturated heterocycles. The zero-order valence-electron chi connectivity index (χ0n) is 18.6. The van der Waals surface area contributed by atoms with Crippen molar-refractivity contribution in [2.24, 2.45) is 0 Å². The molecule has 1 aliphatic carbocycles. The van der Waals surface area contributed by atoms with Crippen LogP contribution in [0.5, 0.6) is 5.75 Å². The van der Waals surface area contributed by atoms with E-state index < -0.39 is 5.91 Å². The van der Waals surface area contributed by atoms with Crippen LogP contribution in [-0.4, -0.2) is 23.0 Å². The molecule has 1 aliphatic rings. The molecule has 1 N–H and O–H groups in total.